The lowest BCUT2D eigenvalue weighted by Crippen LogP contribution is -2.07. The fraction of sp³-hybridized carbons (Fsp3) is 0.167. The molecule has 0 saturated heterocycles. The molecule has 0 amide bonds. The Morgan fingerprint density at radius 2 is 1.83 bits per heavy atom. The fourth-order valence-electron chi connectivity index (χ4n) is 2.53. The van der Waals surface area contributed by atoms with Crippen molar-refractivity contribution in [3.63, 3.8) is 0 Å². The van der Waals surface area contributed by atoms with Crippen LogP contribution in [0.2, 0.25) is 0 Å². The standard InChI is InChI=1S/C18H17N3O3/c1-24-15-9-7-14(8-10-15)17-16(18(22)23)19-20-21(17)12-11-13-5-3-2-4-6-13/h2-10H,11-12H2,1H3,(H,22,23). The molecule has 24 heavy (non-hydrogen) atoms. The van der Waals surface area contributed by atoms with E-state index in [0.29, 0.717) is 18.0 Å². The van der Waals surface area contributed by atoms with Crippen LogP contribution in [-0.4, -0.2) is 33.2 Å². The molecule has 0 fully saturated rings. The number of methoxy groups -OCH3 is 1. The lowest BCUT2D eigenvalue weighted by molar-refractivity contribution is 0.0691. The van der Waals surface area contributed by atoms with Gasteiger partial charge in [-0.2, -0.15) is 0 Å². The predicted octanol–water partition coefficient (Wildman–Crippen LogP) is 2.89. The number of ether oxygens (including phenoxy) is 1. The highest BCUT2D eigenvalue weighted by Crippen LogP contribution is 2.25. The minimum atomic E-state index is -1.09. The van der Waals surface area contributed by atoms with Crippen LogP contribution < -0.4 is 4.74 Å². The van der Waals surface area contributed by atoms with E-state index in [2.05, 4.69) is 10.3 Å². The van der Waals surface area contributed by atoms with Crippen molar-refractivity contribution in [3.05, 3.63) is 65.9 Å². The van der Waals surface area contributed by atoms with Crippen molar-refractivity contribution in [2.75, 3.05) is 7.11 Å². The SMILES string of the molecule is COc1ccc(-c2c(C(=O)O)nnn2CCc2ccccc2)cc1. The van der Waals surface area contributed by atoms with Crippen LogP contribution in [0.1, 0.15) is 16.1 Å². The molecule has 0 saturated carbocycles. The summed E-state index contributed by atoms with van der Waals surface area (Å²) < 4.78 is 6.78. The van der Waals surface area contributed by atoms with Gasteiger partial charge in [0.2, 0.25) is 0 Å². The Morgan fingerprint density at radius 3 is 2.46 bits per heavy atom. The number of benzene rings is 2. The second-order valence-electron chi connectivity index (χ2n) is 5.28. The molecule has 122 valence electrons. The first kappa shape index (κ1) is 15.7. The number of carbonyl (C=O) groups is 1. The number of hydrogen-bond acceptors (Lipinski definition) is 4. The van der Waals surface area contributed by atoms with Crippen LogP contribution in [0.25, 0.3) is 11.3 Å². The Kier molecular flexibility index (Phi) is 4.56. The second kappa shape index (κ2) is 6.95. The van der Waals surface area contributed by atoms with Gasteiger partial charge in [-0.25, -0.2) is 9.48 Å². The molecular formula is C18H17N3O3. The molecule has 3 rings (SSSR count). The molecule has 0 unspecified atom stereocenters. The number of aromatic nitrogens is 3. The van der Waals surface area contributed by atoms with Crippen LogP contribution in [0.4, 0.5) is 0 Å². The van der Waals surface area contributed by atoms with E-state index in [1.54, 1.807) is 23.9 Å². The summed E-state index contributed by atoms with van der Waals surface area (Å²) in [4.78, 5) is 11.5. The average molecular weight is 323 g/mol. The van der Waals surface area contributed by atoms with Gasteiger partial charge in [-0.1, -0.05) is 35.5 Å². The first-order chi connectivity index (χ1) is 11.7. The van der Waals surface area contributed by atoms with Crippen LogP contribution >= 0.6 is 0 Å². The smallest absolute Gasteiger partial charge is 0.358 e. The lowest BCUT2D eigenvalue weighted by Gasteiger charge is -2.08. The van der Waals surface area contributed by atoms with E-state index in [-0.39, 0.29) is 5.69 Å². The first-order valence-corrected chi connectivity index (χ1v) is 7.54. The van der Waals surface area contributed by atoms with Crippen molar-refractivity contribution >= 4 is 5.97 Å². The van der Waals surface area contributed by atoms with Crippen LogP contribution in [0.15, 0.2) is 54.6 Å². The van der Waals surface area contributed by atoms with Crippen molar-refractivity contribution in [1.29, 1.82) is 0 Å². The third-order valence-electron chi connectivity index (χ3n) is 3.76. The first-order valence-electron chi connectivity index (χ1n) is 7.54. The van der Waals surface area contributed by atoms with Crippen molar-refractivity contribution in [2.24, 2.45) is 0 Å². The van der Waals surface area contributed by atoms with Crippen LogP contribution in [0, 0.1) is 0 Å². The zero-order valence-corrected chi connectivity index (χ0v) is 13.2. The molecule has 0 aliphatic carbocycles. The maximum Gasteiger partial charge on any atom is 0.358 e. The number of nitrogens with zero attached hydrogens (tertiary/aromatic N) is 3. The van der Waals surface area contributed by atoms with E-state index in [1.165, 1.54) is 0 Å². The minimum Gasteiger partial charge on any atom is -0.497 e. The van der Waals surface area contributed by atoms with Gasteiger partial charge in [0, 0.05) is 12.1 Å². The van der Waals surface area contributed by atoms with Gasteiger partial charge in [0.15, 0.2) is 5.69 Å². The minimum absolute atomic E-state index is 0.0479. The average Bonchev–Trinajstić information content (AvgIpc) is 3.05. The zero-order valence-electron chi connectivity index (χ0n) is 13.2. The van der Waals surface area contributed by atoms with Gasteiger partial charge < -0.3 is 9.84 Å². The summed E-state index contributed by atoms with van der Waals surface area (Å²) in [7, 11) is 1.59. The maximum absolute atomic E-state index is 11.5. The molecule has 2 aromatic carbocycles. The second-order valence-corrected chi connectivity index (χ2v) is 5.28. The van der Waals surface area contributed by atoms with E-state index in [4.69, 9.17) is 4.74 Å². The summed E-state index contributed by atoms with van der Waals surface area (Å²) in [6.45, 7) is 0.547. The highest BCUT2D eigenvalue weighted by atomic mass is 16.5. The molecule has 0 aliphatic rings. The summed E-state index contributed by atoms with van der Waals surface area (Å²) in [6.07, 6.45) is 0.742. The molecule has 6 nitrogen and oxygen atoms in total. The highest BCUT2D eigenvalue weighted by molar-refractivity contribution is 5.92. The number of aryl methyl sites for hydroxylation is 2. The molecule has 1 N–H and O–H groups in total. The van der Waals surface area contributed by atoms with Crippen LogP contribution in [0.3, 0.4) is 0 Å². The van der Waals surface area contributed by atoms with Gasteiger partial charge in [0.25, 0.3) is 0 Å². The third-order valence-corrected chi connectivity index (χ3v) is 3.76. The number of aromatic carboxylic acids is 1. The van der Waals surface area contributed by atoms with Crippen molar-refractivity contribution in [3.8, 4) is 17.0 Å². The van der Waals surface area contributed by atoms with Gasteiger partial charge in [0.1, 0.15) is 11.4 Å². The normalized spacial score (nSPS) is 10.5. The quantitative estimate of drug-likeness (QED) is 0.755. The maximum atomic E-state index is 11.5. The number of hydrogen-bond donors (Lipinski definition) is 1. The predicted molar refractivity (Wildman–Crippen MR) is 89.1 cm³/mol. The Morgan fingerprint density at radius 1 is 1.12 bits per heavy atom. The van der Waals surface area contributed by atoms with Gasteiger partial charge in [-0.05, 0) is 36.2 Å². The van der Waals surface area contributed by atoms with Crippen molar-refractivity contribution < 1.29 is 14.6 Å². The summed E-state index contributed by atoms with van der Waals surface area (Å²) >= 11 is 0. The molecule has 0 aliphatic heterocycles. The van der Waals surface area contributed by atoms with E-state index in [0.717, 1.165) is 17.5 Å². The van der Waals surface area contributed by atoms with Crippen molar-refractivity contribution in [2.45, 2.75) is 13.0 Å². The number of carboxylic acid groups (broad SMARTS) is 1. The Labute approximate surface area is 139 Å². The molecule has 0 spiro atoms. The molecule has 6 heteroatoms. The van der Waals surface area contributed by atoms with E-state index in [9.17, 15) is 9.90 Å². The molecule has 0 bridgehead atoms. The van der Waals surface area contributed by atoms with Gasteiger partial charge in [-0.3, -0.25) is 0 Å². The molecule has 0 radical (unpaired) electrons. The van der Waals surface area contributed by atoms with Gasteiger partial charge in [0.05, 0.1) is 7.11 Å². The Balaban J connectivity index is 1.93. The monoisotopic (exact) mass is 323 g/mol. The molecule has 1 aromatic heterocycles. The Hall–Kier alpha value is -3.15. The Bertz CT molecular complexity index is 826. The summed E-state index contributed by atoms with van der Waals surface area (Å²) in [5, 5.41) is 17.2. The van der Waals surface area contributed by atoms with Crippen molar-refractivity contribution in [1.82, 2.24) is 15.0 Å². The van der Waals surface area contributed by atoms with Gasteiger partial charge in [-0.15, -0.1) is 5.10 Å². The topological polar surface area (TPSA) is 77.2 Å². The number of carboxylic acids is 1. The molecule has 1 heterocycles. The van der Waals surface area contributed by atoms with Crippen LogP contribution in [0.5, 0.6) is 5.75 Å². The largest absolute Gasteiger partial charge is 0.497 e. The number of rotatable bonds is 6. The van der Waals surface area contributed by atoms with E-state index >= 15 is 0 Å². The summed E-state index contributed by atoms with van der Waals surface area (Å²) in [5.41, 5.74) is 2.35. The molecule has 0 atom stereocenters. The molecule has 3 aromatic rings. The third kappa shape index (κ3) is 3.27. The summed E-state index contributed by atoms with van der Waals surface area (Å²) in [6, 6.07) is 17.2. The van der Waals surface area contributed by atoms with Gasteiger partial charge >= 0.3 is 5.97 Å². The molecular weight excluding hydrogens is 306 g/mol. The fourth-order valence-corrected chi connectivity index (χ4v) is 2.53. The van der Waals surface area contributed by atoms with E-state index < -0.39 is 5.97 Å². The highest BCUT2D eigenvalue weighted by Gasteiger charge is 2.20. The van der Waals surface area contributed by atoms with Crippen LogP contribution in [-0.2, 0) is 13.0 Å². The summed E-state index contributed by atoms with van der Waals surface area (Å²) in [5.74, 6) is -0.384. The lowest BCUT2D eigenvalue weighted by atomic mass is 10.1. The zero-order chi connectivity index (χ0) is 16.9. The van der Waals surface area contributed by atoms with E-state index in [1.807, 2.05) is 42.5 Å².